The summed E-state index contributed by atoms with van der Waals surface area (Å²) in [7, 11) is -4.02. The Morgan fingerprint density at radius 1 is 0.973 bits per heavy atom. The number of sulfonamides is 1. The van der Waals surface area contributed by atoms with E-state index in [1.165, 1.54) is 18.2 Å². The van der Waals surface area contributed by atoms with Crippen LogP contribution in [-0.4, -0.2) is 26.8 Å². The summed E-state index contributed by atoms with van der Waals surface area (Å²) >= 11 is 5.95. The second kappa shape index (κ2) is 12.0. The molecule has 2 N–H and O–H groups in total. The van der Waals surface area contributed by atoms with Gasteiger partial charge in [0.2, 0.25) is 16.1 Å². The Balaban J connectivity index is 1.73. The number of esters is 1. The molecule has 0 heterocycles. The highest BCUT2D eigenvalue weighted by Crippen LogP contribution is 2.34. The summed E-state index contributed by atoms with van der Waals surface area (Å²) in [6, 6.07) is 18.6. The van der Waals surface area contributed by atoms with Gasteiger partial charge >= 0.3 is 12.1 Å². The molecule has 1 atom stereocenters. The summed E-state index contributed by atoms with van der Waals surface area (Å²) in [4.78, 5) is 25.4. The van der Waals surface area contributed by atoms with Crippen molar-refractivity contribution in [2.24, 2.45) is 0 Å². The predicted molar refractivity (Wildman–Crippen MR) is 133 cm³/mol. The summed E-state index contributed by atoms with van der Waals surface area (Å²) in [6.07, 6.45) is -4.96. The smallest absolute Gasteiger partial charge is 0.416 e. The van der Waals surface area contributed by atoms with Gasteiger partial charge in [0.05, 0.1) is 16.3 Å². The van der Waals surface area contributed by atoms with E-state index in [2.05, 4.69) is 5.32 Å². The normalized spacial score (nSPS) is 12.8. The number of alkyl halides is 3. The molecular weight excluding hydrogens is 533 g/mol. The van der Waals surface area contributed by atoms with Gasteiger partial charge in [-0.15, -0.1) is 0 Å². The minimum Gasteiger partial charge on any atom is -0.446 e. The number of anilines is 1. The summed E-state index contributed by atoms with van der Waals surface area (Å²) in [5.74, 6) is -2.09. The molecule has 37 heavy (non-hydrogen) atoms. The van der Waals surface area contributed by atoms with Gasteiger partial charge in [-0.2, -0.15) is 13.2 Å². The van der Waals surface area contributed by atoms with Gasteiger partial charge < -0.3 is 10.1 Å². The molecule has 7 nitrogen and oxygen atoms in total. The monoisotopic (exact) mass is 552 g/mol. The van der Waals surface area contributed by atoms with Crippen LogP contribution in [0.5, 0.6) is 0 Å². The summed E-state index contributed by atoms with van der Waals surface area (Å²) in [5.41, 5.74) is -0.573. The average Bonchev–Trinajstić information content (AvgIpc) is 2.86. The van der Waals surface area contributed by atoms with Crippen molar-refractivity contribution in [3.05, 3.63) is 106 Å². The van der Waals surface area contributed by atoms with E-state index < -0.39 is 46.3 Å². The van der Waals surface area contributed by atoms with Gasteiger partial charge in [-0.1, -0.05) is 72.3 Å². The first-order chi connectivity index (χ1) is 17.4. The highest BCUT2D eigenvalue weighted by atomic mass is 35.5. The third kappa shape index (κ3) is 8.45. The van der Waals surface area contributed by atoms with Crippen molar-refractivity contribution < 1.29 is 35.9 Å². The van der Waals surface area contributed by atoms with E-state index in [1.807, 2.05) is 4.72 Å². The number of halogens is 4. The number of rotatable bonds is 9. The minimum atomic E-state index is -4.68. The molecule has 3 aromatic rings. The molecule has 0 aliphatic rings. The zero-order valence-electron chi connectivity index (χ0n) is 18.9. The maximum Gasteiger partial charge on any atom is 0.416 e. The van der Waals surface area contributed by atoms with Crippen molar-refractivity contribution in [2.45, 2.75) is 12.3 Å². The third-order valence-corrected chi connectivity index (χ3v) is 6.17. The van der Waals surface area contributed by atoms with Crippen molar-refractivity contribution in [1.29, 1.82) is 0 Å². The maximum atomic E-state index is 13.1. The SMILES string of the molecule is O=C(CNS(=O)(=O)/C=C/c1ccccc1)O[C@H](C(=O)Nc1cc(C(F)(F)F)ccc1Cl)c1ccccc1. The van der Waals surface area contributed by atoms with Gasteiger partial charge in [0, 0.05) is 11.0 Å². The average molecular weight is 553 g/mol. The highest BCUT2D eigenvalue weighted by Gasteiger charge is 2.32. The van der Waals surface area contributed by atoms with Crippen molar-refractivity contribution in [1.82, 2.24) is 4.72 Å². The minimum absolute atomic E-state index is 0.169. The molecular formula is C25H20ClF3N2O5S. The lowest BCUT2D eigenvalue weighted by Gasteiger charge is -2.19. The van der Waals surface area contributed by atoms with Crippen LogP contribution < -0.4 is 10.0 Å². The molecule has 3 rings (SSSR count). The molecule has 194 valence electrons. The van der Waals surface area contributed by atoms with Crippen molar-refractivity contribution in [2.75, 3.05) is 11.9 Å². The van der Waals surface area contributed by atoms with Gasteiger partial charge in [0.1, 0.15) is 6.54 Å². The first-order valence-electron chi connectivity index (χ1n) is 10.6. The van der Waals surface area contributed by atoms with Crippen LogP contribution in [0.3, 0.4) is 0 Å². The van der Waals surface area contributed by atoms with Crippen LogP contribution in [-0.2, 0) is 30.5 Å². The quantitative estimate of drug-likeness (QED) is 0.357. The van der Waals surface area contributed by atoms with Crippen molar-refractivity contribution in [3.8, 4) is 0 Å². The Labute approximate surface area is 216 Å². The number of nitrogens with one attached hydrogen (secondary N) is 2. The molecule has 0 aliphatic carbocycles. The Morgan fingerprint density at radius 2 is 1.59 bits per heavy atom. The summed E-state index contributed by atoms with van der Waals surface area (Å²) < 4.78 is 70.9. The fourth-order valence-electron chi connectivity index (χ4n) is 3.01. The van der Waals surface area contributed by atoms with Crippen LogP contribution in [0.25, 0.3) is 6.08 Å². The van der Waals surface area contributed by atoms with Crippen LogP contribution in [0.4, 0.5) is 18.9 Å². The largest absolute Gasteiger partial charge is 0.446 e. The van der Waals surface area contributed by atoms with Crippen LogP contribution in [0, 0.1) is 0 Å². The van der Waals surface area contributed by atoms with E-state index in [-0.39, 0.29) is 16.3 Å². The standard InChI is InChI=1S/C25H20ClF3N2O5S/c26-20-12-11-19(25(27,28)29)15-21(20)31-24(33)23(18-9-5-2-6-10-18)36-22(32)16-30-37(34,35)14-13-17-7-3-1-4-8-17/h1-15,23,30H,16H2,(H,31,33)/b14-13+/t23-/m0/s1. The zero-order chi connectivity index (χ0) is 27.1. The topological polar surface area (TPSA) is 102 Å². The Kier molecular flexibility index (Phi) is 9.09. The molecule has 0 unspecified atom stereocenters. The van der Waals surface area contributed by atoms with E-state index in [9.17, 15) is 31.2 Å². The number of hydrogen-bond acceptors (Lipinski definition) is 5. The van der Waals surface area contributed by atoms with Gasteiger partial charge in [0.25, 0.3) is 5.91 Å². The van der Waals surface area contributed by atoms with E-state index in [0.29, 0.717) is 11.6 Å². The summed E-state index contributed by atoms with van der Waals surface area (Å²) in [5, 5.41) is 2.94. The molecule has 0 aromatic heterocycles. The van der Waals surface area contributed by atoms with Crippen LogP contribution in [0.15, 0.2) is 84.3 Å². The van der Waals surface area contributed by atoms with Gasteiger partial charge in [-0.05, 0) is 29.8 Å². The van der Waals surface area contributed by atoms with E-state index in [1.54, 1.807) is 48.5 Å². The number of benzene rings is 3. The number of carbonyl (C=O) groups excluding carboxylic acids is 2. The Hall–Kier alpha value is -3.67. The lowest BCUT2D eigenvalue weighted by molar-refractivity contribution is -0.153. The van der Waals surface area contributed by atoms with Crippen LogP contribution in [0.1, 0.15) is 22.8 Å². The lowest BCUT2D eigenvalue weighted by atomic mass is 10.1. The first kappa shape index (κ1) is 27.9. The van der Waals surface area contributed by atoms with Crippen molar-refractivity contribution >= 4 is 45.3 Å². The number of amides is 1. The molecule has 0 radical (unpaired) electrons. The molecule has 0 aliphatic heterocycles. The fraction of sp³-hybridized carbons (Fsp3) is 0.120. The maximum absolute atomic E-state index is 13.1. The molecule has 1 amide bonds. The molecule has 0 spiro atoms. The Morgan fingerprint density at radius 3 is 2.22 bits per heavy atom. The molecule has 0 fully saturated rings. The van der Waals surface area contributed by atoms with E-state index >= 15 is 0 Å². The number of ether oxygens (including phenoxy) is 1. The zero-order valence-corrected chi connectivity index (χ0v) is 20.5. The van der Waals surface area contributed by atoms with E-state index in [4.69, 9.17) is 16.3 Å². The number of hydrogen-bond donors (Lipinski definition) is 2. The molecule has 0 saturated carbocycles. The van der Waals surface area contributed by atoms with Crippen molar-refractivity contribution in [3.63, 3.8) is 0 Å². The van der Waals surface area contributed by atoms with Gasteiger partial charge in [-0.25, -0.2) is 13.1 Å². The highest BCUT2D eigenvalue weighted by molar-refractivity contribution is 7.92. The van der Waals surface area contributed by atoms with Crippen LogP contribution in [0.2, 0.25) is 5.02 Å². The molecule has 0 bridgehead atoms. The van der Waals surface area contributed by atoms with Gasteiger partial charge in [-0.3, -0.25) is 9.59 Å². The first-order valence-corrected chi connectivity index (χ1v) is 12.5. The fourth-order valence-corrected chi connectivity index (χ4v) is 3.93. The third-order valence-electron chi connectivity index (χ3n) is 4.80. The molecule has 0 saturated heterocycles. The second-order valence-electron chi connectivity index (χ2n) is 7.54. The molecule has 12 heteroatoms. The predicted octanol–water partition coefficient (Wildman–Crippen LogP) is 5.17. The van der Waals surface area contributed by atoms with Crippen LogP contribution >= 0.6 is 11.6 Å². The lowest BCUT2D eigenvalue weighted by Crippen LogP contribution is -2.33. The Bertz CT molecular complexity index is 1380. The number of carbonyl (C=O) groups is 2. The second-order valence-corrected chi connectivity index (χ2v) is 9.60. The van der Waals surface area contributed by atoms with Gasteiger partial charge in [0.15, 0.2) is 0 Å². The summed E-state index contributed by atoms with van der Waals surface area (Å²) in [6.45, 7) is -0.803. The van der Waals surface area contributed by atoms with E-state index in [0.717, 1.165) is 17.5 Å². The molecule has 3 aromatic carbocycles.